The van der Waals surface area contributed by atoms with Gasteiger partial charge in [-0.2, -0.15) is 0 Å². The average Bonchev–Trinajstić information content (AvgIpc) is 2.04. The maximum atomic E-state index is 3.98. The Labute approximate surface area is 77.2 Å². The standard InChI is InChI=1S/C11H23N/c1-6-10(5)8-12-11(7-2)9(3)4/h9,11-12H,5-8H2,1-4H3. The minimum atomic E-state index is 0.647. The fraction of sp³-hybridized carbons (Fsp3) is 0.818. The SMILES string of the molecule is C=C(CC)CNC(CC)C(C)C. The van der Waals surface area contributed by atoms with Crippen molar-refractivity contribution in [2.24, 2.45) is 5.92 Å². The second-order valence-electron chi connectivity index (χ2n) is 3.74. The maximum absolute atomic E-state index is 3.98. The van der Waals surface area contributed by atoms with Gasteiger partial charge in [0.05, 0.1) is 0 Å². The molecule has 0 saturated carbocycles. The van der Waals surface area contributed by atoms with E-state index in [4.69, 9.17) is 0 Å². The van der Waals surface area contributed by atoms with Crippen molar-refractivity contribution >= 4 is 0 Å². The molecule has 0 fully saturated rings. The highest BCUT2D eigenvalue weighted by Gasteiger charge is 2.09. The topological polar surface area (TPSA) is 12.0 Å². The van der Waals surface area contributed by atoms with Crippen LogP contribution in [0.25, 0.3) is 0 Å². The maximum Gasteiger partial charge on any atom is 0.0164 e. The van der Waals surface area contributed by atoms with Crippen molar-refractivity contribution in [3.8, 4) is 0 Å². The highest BCUT2D eigenvalue weighted by Crippen LogP contribution is 2.06. The Balaban J connectivity index is 3.65. The van der Waals surface area contributed by atoms with Crippen molar-refractivity contribution in [3.05, 3.63) is 12.2 Å². The number of rotatable bonds is 6. The molecule has 0 amide bonds. The van der Waals surface area contributed by atoms with Crippen LogP contribution in [0.4, 0.5) is 0 Å². The molecule has 72 valence electrons. The number of hydrogen-bond acceptors (Lipinski definition) is 1. The van der Waals surface area contributed by atoms with Gasteiger partial charge in [-0.15, -0.1) is 0 Å². The molecular formula is C11H23N. The summed E-state index contributed by atoms with van der Waals surface area (Å²) in [7, 11) is 0. The van der Waals surface area contributed by atoms with Gasteiger partial charge >= 0.3 is 0 Å². The van der Waals surface area contributed by atoms with Gasteiger partial charge in [0.25, 0.3) is 0 Å². The summed E-state index contributed by atoms with van der Waals surface area (Å²) in [4.78, 5) is 0. The molecular weight excluding hydrogens is 146 g/mol. The van der Waals surface area contributed by atoms with Crippen LogP contribution >= 0.6 is 0 Å². The van der Waals surface area contributed by atoms with E-state index in [1.165, 1.54) is 12.0 Å². The van der Waals surface area contributed by atoms with Gasteiger partial charge < -0.3 is 5.32 Å². The van der Waals surface area contributed by atoms with Gasteiger partial charge in [-0.05, 0) is 18.8 Å². The molecule has 0 aromatic rings. The Bertz CT molecular complexity index is 127. The van der Waals surface area contributed by atoms with Gasteiger partial charge in [-0.1, -0.05) is 39.8 Å². The third kappa shape index (κ3) is 4.55. The Morgan fingerprint density at radius 2 is 1.92 bits per heavy atom. The Morgan fingerprint density at radius 3 is 2.25 bits per heavy atom. The molecule has 0 rings (SSSR count). The normalized spacial score (nSPS) is 13.4. The molecule has 0 aliphatic rings. The fourth-order valence-electron chi connectivity index (χ4n) is 1.25. The zero-order chi connectivity index (χ0) is 9.56. The predicted molar refractivity (Wildman–Crippen MR) is 56.4 cm³/mol. The largest absolute Gasteiger partial charge is 0.310 e. The van der Waals surface area contributed by atoms with Crippen LogP contribution in [0.5, 0.6) is 0 Å². The van der Waals surface area contributed by atoms with Crippen molar-refractivity contribution in [1.82, 2.24) is 5.32 Å². The van der Waals surface area contributed by atoms with Crippen molar-refractivity contribution in [1.29, 1.82) is 0 Å². The number of hydrogen-bond donors (Lipinski definition) is 1. The molecule has 0 radical (unpaired) electrons. The summed E-state index contributed by atoms with van der Waals surface area (Å²) in [6.45, 7) is 13.9. The molecule has 12 heavy (non-hydrogen) atoms. The van der Waals surface area contributed by atoms with Gasteiger partial charge in [0.15, 0.2) is 0 Å². The molecule has 0 heterocycles. The zero-order valence-corrected chi connectivity index (χ0v) is 8.98. The first-order valence-corrected chi connectivity index (χ1v) is 5.01. The van der Waals surface area contributed by atoms with Crippen LogP contribution in [0, 0.1) is 5.92 Å². The van der Waals surface area contributed by atoms with E-state index in [-0.39, 0.29) is 0 Å². The summed E-state index contributed by atoms with van der Waals surface area (Å²) < 4.78 is 0. The second-order valence-corrected chi connectivity index (χ2v) is 3.74. The molecule has 0 saturated heterocycles. The van der Waals surface area contributed by atoms with E-state index in [1.54, 1.807) is 0 Å². The summed E-state index contributed by atoms with van der Waals surface area (Å²) in [5, 5.41) is 3.52. The van der Waals surface area contributed by atoms with Crippen LogP contribution < -0.4 is 5.32 Å². The van der Waals surface area contributed by atoms with E-state index in [0.717, 1.165) is 18.9 Å². The highest BCUT2D eigenvalue weighted by atomic mass is 14.9. The van der Waals surface area contributed by atoms with Crippen LogP contribution in [0.2, 0.25) is 0 Å². The third-order valence-corrected chi connectivity index (χ3v) is 2.36. The first kappa shape index (κ1) is 11.7. The van der Waals surface area contributed by atoms with Crippen molar-refractivity contribution < 1.29 is 0 Å². The van der Waals surface area contributed by atoms with E-state index in [0.29, 0.717) is 6.04 Å². The van der Waals surface area contributed by atoms with E-state index in [2.05, 4.69) is 39.6 Å². The zero-order valence-electron chi connectivity index (χ0n) is 8.98. The summed E-state index contributed by atoms with van der Waals surface area (Å²) in [5.74, 6) is 0.722. The minimum absolute atomic E-state index is 0.647. The van der Waals surface area contributed by atoms with Crippen molar-refractivity contribution in [2.45, 2.75) is 46.6 Å². The number of nitrogens with one attached hydrogen (secondary N) is 1. The lowest BCUT2D eigenvalue weighted by Crippen LogP contribution is -2.34. The van der Waals surface area contributed by atoms with Gasteiger partial charge in [0, 0.05) is 12.6 Å². The van der Waals surface area contributed by atoms with Crippen molar-refractivity contribution in [2.75, 3.05) is 6.54 Å². The Morgan fingerprint density at radius 1 is 1.33 bits per heavy atom. The van der Waals surface area contributed by atoms with Crippen LogP contribution in [-0.2, 0) is 0 Å². The van der Waals surface area contributed by atoms with Gasteiger partial charge in [0.1, 0.15) is 0 Å². The molecule has 1 nitrogen and oxygen atoms in total. The van der Waals surface area contributed by atoms with E-state index in [1.807, 2.05) is 0 Å². The quantitative estimate of drug-likeness (QED) is 0.603. The molecule has 0 spiro atoms. The molecule has 1 N–H and O–H groups in total. The first-order chi connectivity index (χ1) is 5.61. The smallest absolute Gasteiger partial charge is 0.0164 e. The molecule has 1 heteroatoms. The van der Waals surface area contributed by atoms with E-state index < -0.39 is 0 Å². The van der Waals surface area contributed by atoms with E-state index >= 15 is 0 Å². The monoisotopic (exact) mass is 169 g/mol. The summed E-state index contributed by atoms with van der Waals surface area (Å²) in [6.07, 6.45) is 2.29. The highest BCUT2D eigenvalue weighted by molar-refractivity contribution is 4.95. The van der Waals surface area contributed by atoms with Crippen molar-refractivity contribution in [3.63, 3.8) is 0 Å². The van der Waals surface area contributed by atoms with Crippen LogP contribution in [-0.4, -0.2) is 12.6 Å². The lowest BCUT2D eigenvalue weighted by molar-refractivity contribution is 0.400. The molecule has 0 aliphatic carbocycles. The van der Waals surface area contributed by atoms with E-state index in [9.17, 15) is 0 Å². The van der Waals surface area contributed by atoms with Crippen LogP contribution in [0.15, 0.2) is 12.2 Å². The lowest BCUT2D eigenvalue weighted by Gasteiger charge is -2.21. The molecule has 0 aliphatic heterocycles. The molecule has 1 atom stereocenters. The Kier molecular flexibility index (Phi) is 6.09. The molecule has 0 bridgehead atoms. The second kappa shape index (κ2) is 6.24. The summed E-state index contributed by atoms with van der Waals surface area (Å²) in [6, 6.07) is 0.647. The van der Waals surface area contributed by atoms with Crippen LogP contribution in [0.1, 0.15) is 40.5 Å². The molecule has 1 unspecified atom stereocenters. The van der Waals surface area contributed by atoms with Crippen LogP contribution in [0.3, 0.4) is 0 Å². The minimum Gasteiger partial charge on any atom is -0.310 e. The molecule has 0 aromatic heterocycles. The van der Waals surface area contributed by atoms with Gasteiger partial charge in [0.2, 0.25) is 0 Å². The van der Waals surface area contributed by atoms with Gasteiger partial charge in [-0.25, -0.2) is 0 Å². The third-order valence-electron chi connectivity index (χ3n) is 2.36. The Hall–Kier alpha value is -0.300. The fourth-order valence-corrected chi connectivity index (χ4v) is 1.25. The lowest BCUT2D eigenvalue weighted by atomic mass is 10.0. The first-order valence-electron chi connectivity index (χ1n) is 5.01. The van der Waals surface area contributed by atoms with Gasteiger partial charge in [-0.3, -0.25) is 0 Å². The summed E-state index contributed by atoms with van der Waals surface area (Å²) in [5.41, 5.74) is 1.30. The molecule has 0 aromatic carbocycles. The predicted octanol–water partition coefficient (Wildman–Crippen LogP) is 2.98. The average molecular weight is 169 g/mol. The summed E-state index contributed by atoms with van der Waals surface area (Å²) >= 11 is 0.